The van der Waals surface area contributed by atoms with E-state index < -0.39 is 5.60 Å². The number of piperidine rings is 1. The van der Waals surface area contributed by atoms with Crippen molar-refractivity contribution in [3.05, 3.63) is 0 Å². The SMILES string of the molecule is CO[C@H]1CNCC[C@@H]1NC(=O)OC(C)(C)C. The molecule has 1 fully saturated rings. The molecule has 94 valence electrons. The van der Waals surface area contributed by atoms with E-state index in [4.69, 9.17) is 9.47 Å². The molecule has 0 saturated carbocycles. The zero-order chi connectivity index (χ0) is 12.2. The molecule has 0 aromatic heterocycles. The van der Waals surface area contributed by atoms with Gasteiger partial charge in [0.1, 0.15) is 5.60 Å². The number of amides is 1. The first-order valence-corrected chi connectivity index (χ1v) is 5.65. The Morgan fingerprint density at radius 2 is 2.12 bits per heavy atom. The quantitative estimate of drug-likeness (QED) is 0.739. The Kier molecular flexibility index (Phi) is 4.56. The van der Waals surface area contributed by atoms with Gasteiger partial charge in [-0.2, -0.15) is 0 Å². The van der Waals surface area contributed by atoms with Crippen LogP contribution in [-0.4, -0.2) is 44.0 Å². The lowest BCUT2D eigenvalue weighted by Gasteiger charge is -2.32. The van der Waals surface area contributed by atoms with Gasteiger partial charge in [-0.15, -0.1) is 0 Å². The highest BCUT2D eigenvalue weighted by Crippen LogP contribution is 2.10. The van der Waals surface area contributed by atoms with E-state index in [0.29, 0.717) is 0 Å². The summed E-state index contributed by atoms with van der Waals surface area (Å²) in [5, 5.41) is 6.07. The van der Waals surface area contributed by atoms with Gasteiger partial charge < -0.3 is 20.1 Å². The fraction of sp³-hybridized carbons (Fsp3) is 0.909. The maximum atomic E-state index is 11.6. The van der Waals surface area contributed by atoms with Crippen LogP contribution in [0, 0.1) is 0 Å². The van der Waals surface area contributed by atoms with Crippen LogP contribution in [0.5, 0.6) is 0 Å². The van der Waals surface area contributed by atoms with Crippen LogP contribution in [0.4, 0.5) is 4.79 Å². The summed E-state index contributed by atoms with van der Waals surface area (Å²) in [4.78, 5) is 11.6. The van der Waals surface area contributed by atoms with Gasteiger partial charge in [0.15, 0.2) is 0 Å². The lowest BCUT2D eigenvalue weighted by atomic mass is 10.0. The van der Waals surface area contributed by atoms with Crippen LogP contribution in [0.3, 0.4) is 0 Å². The molecule has 0 unspecified atom stereocenters. The number of methoxy groups -OCH3 is 1. The molecule has 0 aliphatic carbocycles. The molecule has 0 radical (unpaired) electrons. The first-order valence-electron chi connectivity index (χ1n) is 5.65. The fourth-order valence-corrected chi connectivity index (χ4v) is 1.70. The van der Waals surface area contributed by atoms with Gasteiger partial charge in [-0.3, -0.25) is 0 Å². The van der Waals surface area contributed by atoms with Crippen LogP contribution in [0.25, 0.3) is 0 Å². The van der Waals surface area contributed by atoms with Crippen LogP contribution < -0.4 is 10.6 Å². The van der Waals surface area contributed by atoms with Crippen LogP contribution in [-0.2, 0) is 9.47 Å². The first kappa shape index (κ1) is 13.3. The molecule has 2 N–H and O–H groups in total. The molecule has 1 heterocycles. The van der Waals surface area contributed by atoms with Gasteiger partial charge in [-0.05, 0) is 33.7 Å². The Morgan fingerprint density at radius 1 is 1.44 bits per heavy atom. The predicted octanol–water partition coefficient (Wildman–Crippen LogP) is 0.888. The Balaban J connectivity index is 2.42. The number of ether oxygens (including phenoxy) is 2. The Morgan fingerprint density at radius 3 is 2.69 bits per heavy atom. The molecular formula is C11H22N2O3. The van der Waals surface area contributed by atoms with Crippen molar-refractivity contribution in [1.29, 1.82) is 0 Å². The summed E-state index contributed by atoms with van der Waals surface area (Å²) in [5.41, 5.74) is -0.459. The maximum Gasteiger partial charge on any atom is 0.407 e. The molecule has 5 heteroatoms. The Hall–Kier alpha value is -0.810. The van der Waals surface area contributed by atoms with Crippen molar-refractivity contribution in [3.63, 3.8) is 0 Å². The molecule has 2 atom stereocenters. The number of rotatable bonds is 2. The summed E-state index contributed by atoms with van der Waals surface area (Å²) in [7, 11) is 1.65. The van der Waals surface area contributed by atoms with Crippen LogP contribution in [0.1, 0.15) is 27.2 Å². The number of hydrogen-bond acceptors (Lipinski definition) is 4. The van der Waals surface area contributed by atoms with E-state index in [2.05, 4.69) is 10.6 Å². The molecule has 1 aliphatic rings. The van der Waals surface area contributed by atoms with Crippen molar-refractivity contribution in [2.75, 3.05) is 20.2 Å². The first-order chi connectivity index (χ1) is 7.42. The second-order valence-corrected chi connectivity index (χ2v) is 5.02. The van der Waals surface area contributed by atoms with Gasteiger partial charge in [-0.25, -0.2) is 4.79 Å². The summed E-state index contributed by atoms with van der Waals surface area (Å²) in [6.45, 7) is 7.20. The second kappa shape index (κ2) is 5.50. The van der Waals surface area contributed by atoms with Gasteiger partial charge in [0.2, 0.25) is 0 Å². The molecule has 0 spiro atoms. The number of carbonyl (C=O) groups is 1. The standard InChI is InChI=1S/C11H22N2O3/c1-11(2,3)16-10(14)13-8-5-6-12-7-9(8)15-4/h8-9,12H,5-7H2,1-4H3,(H,13,14)/t8-,9-/m0/s1. The highest BCUT2D eigenvalue weighted by Gasteiger charge is 2.27. The normalized spacial score (nSPS) is 26.2. The molecule has 0 bridgehead atoms. The van der Waals surface area contributed by atoms with Gasteiger partial charge >= 0.3 is 6.09 Å². The minimum Gasteiger partial charge on any atom is -0.444 e. The largest absolute Gasteiger partial charge is 0.444 e. The van der Waals surface area contributed by atoms with Gasteiger partial charge in [0.05, 0.1) is 12.1 Å². The molecule has 1 rings (SSSR count). The Labute approximate surface area is 96.9 Å². The second-order valence-electron chi connectivity index (χ2n) is 5.02. The number of alkyl carbamates (subject to hydrolysis) is 1. The average molecular weight is 230 g/mol. The summed E-state index contributed by atoms with van der Waals surface area (Å²) >= 11 is 0. The molecular weight excluding hydrogens is 208 g/mol. The molecule has 16 heavy (non-hydrogen) atoms. The van der Waals surface area contributed by atoms with E-state index in [1.54, 1.807) is 7.11 Å². The van der Waals surface area contributed by atoms with E-state index in [9.17, 15) is 4.79 Å². The number of hydrogen-bond donors (Lipinski definition) is 2. The molecule has 1 amide bonds. The number of carbonyl (C=O) groups excluding carboxylic acids is 1. The van der Waals surface area contributed by atoms with E-state index in [1.165, 1.54) is 0 Å². The van der Waals surface area contributed by atoms with Crippen molar-refractivity contribution in [2.24, 2.45) is 0 Å². The van der Waals surface area contributed by atoms with Crippen molar-refractivity contribution in [2.45, 2.75) is 44.9 Å². The summed E-state index contributed by atoms with van der Waals surface area (Å²) in [5.74, 6) is 0. The third-order valence-corrected chi connectivity index (χ3v) is 2.43. The topological polar surface area (TPSA) is 59.6 Å². The molecule has 0 aromatic rings. The molecule has 1 aliphatic heterocycles. The summed E-state index contributed by atoms with van der Waals surface area (Å²) in [6, 6.07) is 0.0288. The Bertz CT molecular complexity index is 238. The lowest BCUT2D eigenvalue weighted by molar-refractivity contribution is 0.0263. The van der Waals surface area contributed by atoms with Crippen molar-refractivity contribution in [3.8, 4) is 0 Å². The highest BCUT2D eigenvalue weighted by molar-refractivity contribution is 5.68. The number of nitrogens with one attached hydrogen (secondary N) is 2. The molecule has 5 nitrogen and oxygen atoms in total. The smallest absolute Gasteiger partial charge is 0.407 e. The van der Waals surface area contributed by atoms with Crippen LogP contribution >= 0.6 is 0 Å². The summed E-state index contributed by atoms with van der Waals surface area (Å²) in [6.07, 6.45) is 0.500. The predicted molar refractivity (Wildman–Crippen MR) is 61.4 cm³/mol. The van der Waals surface area contributed by atoms with Gasteiger partial charge in [0.25, 0.3) is 0 Å². The lowest BCUT2D eigenvalue weighted by Crippen LogP contribution is -2.54. The minimum absolute atomic E-state index is 0.0151. The van der Waals surface area contributed by atoms with Crippen molar-refractivity contribution >= 4 is 6.09 Å². The van der Waals surface area contributed by atoms with Crippen LogP contribution in [0.15, 0.2) is 0 Å². The van der Waals surface area contributed by atoms with Crippen molar-refractivity contribution < 1.29 is 14.3 Å². The highest BCUT2D eigenvalue weighted by atomic mass is 16.6. The van der Waals surface area contributed by atoms with Gasteiger partial charge in [0, 0.05) is 13.7 Å². The monoisotopic (exact) mass is 230 g/mol. The fourth-order valence-electron chi connectivity index (χ4n) is 1.70. The van der Waals surface area contributed by atoms with Crippen molar-refractivity contribution in [1.82, 2.24) is 10.6 Å². The third-order valence-electron chi connectivity index (χ3n) is 2.43. The van der Waals surface area contributed by atoms with Crippen LogP contribution in [0.2, 0.25) is 0 Å². The maximum absolute atomic E-state index is 11.6. The van der Waals surface area contributed by atoms with Gasteiger partial charge in [-0.1, -0.05) is 0 Å². The molecule has 1 saturated heterocycles. The zero-order valence-electron chi connectivity index (χ0n) is 10.5. The zero-order valence-corrected chi connectivity index (χ0v) is 10.5. The van der Waals surface area contributed by atoms with E-state index in [0.717, 1.165) is 19.5 Å². The molecule has 0 aromatic carbocycles. The minimum atomic E-state index is -0.459. The third kappa shape index (κ3) is 4.37. The van der Waals surface area contributed by atoms with E-state index >= 15 is 0 Å². The average Bonchev–Trinajstić information content (AvgIpc) is 2.15. The van der Waals surface area contributed by atoms with E-state index in [-0.39, 0.29) is 18.2 Å². The summed E-state index contributed by atoms with van der Waals surface area (Å²) < 4.78 is 10.5. The van der Waals surface area contributed by atoms with E-state index in [1.807, 2.05) is 20.8 Å².